The van der Waals surface area contributed by atoms with E-state index < -0.39 is 0 Å². The van der Waals surface area contributed by atoms with Gasteiger partial charge < -0.3 is 29.4 Å². The molecule has 9 rings (SSSR count). The molecule has 0 spiro atoms. The van der Waals surface area contributed by atoms with Crippen molar-refractivity contribution >= 4 is 39.4 Å². The molecule has 4 heterocycles. The van der Waals surface area contributed by atoms with Crippen LogP contribution in [-0.2, 0) is 24.8 Å². The van der Waals surface area contributed by atoms with Crippen LogP contribution >= 0.6 is 0 Å². The highest BCUT2D eigenvalue weighted by molar-refractivity contribution is 6.02. The van der Waals surface area contributed by atoms with Gasteiger partial charge in [-0.25, -0.2) is 4.98 Å². The summed E-state index contributed by atoms with van der Waals surface area (Å²) in [5, 5.41) is 1.16. The number of anilines is 1. The number of nitrogens with zero attached hydrogens (tertiary/aromatic N) is 5. The Morgan fingerprint density at radius 2 is 1.80 bits per heavy atom. The molecule has 0 radical (unpaired) electrons. The van der Waals surface area contributed by atoms with Crippen molar-refractivity contribution in [1.29, 1.82) is 0 Å². The van der Waals surface area contributed by atoms with Crippen molar-refractivity contribution in [3.8, 4) is 28.4 Å². The van der Waals surface area contributed by atoms with Gasteiger partial charge in [0.2, 0.25) is 5.91 Å². The first-order valence-corrected chi connectivity index (χ1v) is 16.4. The number of hydrogen-bond acceptors (Lipinski definition) is 5. The quantitative estimate of drug-likeness (QED) is 0.278. The number of rotatable bonds is 6. The fraction of sp³-hybridized carbons (Fsp3) is 0.378. The molecule has 2 aliphatic carbocycles. The van der Waals surface area contributed by atoms with Crippen molar-refractivity contribution in [2.45, 2.75) is 50.7 Å². The number of imidazole rings is 1. The number of amides is 2. The third-order valence-corrected chi connectivity index (χ3v) is 11.1. The second kappa shape index (κ2) is 9.93. The van der Waals surface area contributed by atoms with Crippen LogP contribution in [0.1, 0.15) is 41.6 Å². The van der Waals surface area contributed by atoms with Gasteiger partial charge in [-0.2, -0.15) is 0 Å². The smallest absolute Gasteiger partial charge is 0.254 e. The Kier molecular flexibility index (Phi) is 5.97. The Balaban J connectivity index is 1.14. The maximum absolute atomic E-state index is 13.8. The van der Waals surface area contributed by atoms with Gasteiger partial charge in [0.05, 0.1) is 24.7 Å². The average Bonchev–Trinajstić information content (AvgIpc) is 3.26. The summed E-state index contributed by atoms with van der Waals surface area (Å²) in [6, 6.07) is 19.2. The van der Waals surface area contributed by atoms with E-state index in [1.54, 1.807) is 12.0 Å². The third kappa shape index (κ3) is 4.07. The highest BCUT2D eigenvalue weighted by atomic mass is 16.5. The highest BCUT2D eigenvalue weighted by Gasteiger charge is 2.47. The third-order valence-electron chi connectivity index (χ3n) is 11.1. The van der Waals surface area contributed by atoms with Crippen molar-refractivity contribution in [3.63, 3.8) is 0 Å². The molecule has 1 saturated heterocycles. The highest BCUT2D eigenvalue weighted by Crippen LogP contribution is 2.41. The lowest BCUT2D eigenvalue weighted by molar-refractivity contribution is -0.117. The van der Waals surface area contributed by atoms with Crippen LogP contribution < -0.4 is 15.4 Å². The predicted octanol–water partition coefficient (Wildman–Crippen LogP) is 5.36. The predicted molar refractivity (Wildman–Crippen MR) is 179 cm³/mol. The van der Waals surface area contributed by atoms with Crippen LogP contribution in [0.25, 0.3) is 44.6 Å². The van der Waals surface area contributed by atoms with Crippen LogP contribution in [0.2, 0.25) is 0 Å². The van der Waals surface area contributed by atoms with Crippen molar-refractivity contribution < 1.29 is 14.3 Å². The monoisotopic (exact) mass is 614 g/mol. The molecule has 9 nitrogen and oxygen atoms in total. The molecule has 3 aromatic carbocycles. The number of benzene rings is 3. The van der Waals surface area contributed by atoms with E-state index >= 15 is 0 Å². The van der Waals surface area contributed by atoms with Gasteiger partial charge in [0.1, 0.15) is 11.3 Å². The van der Waals surface area contributed by atoms with E-state index in [0.29, 0.717) is 29.6 Å². The number of likely N-dealkylation sites (tertiary alicyclic amines) is 1. The van der Waals surface area contributed by atoms with Crippen LogP contribution in [-0.4, -0.2) is 63.6 Å². The Bertz CT molecular complexity index is 2110. The Morgan fingerprint density at radius 3 is 2.54 bits per heavy atom. The molecule has 3 unspecified atom stereocenters. The number of ether oxygens (including phenoxy) is 1. The summed E-state index contributed by atoms with van der Waals surface area (Å²) in [5.41, 5.74) is 15.2. The first-order valence-electron chi connectivity index (χ1n) is 16.4. The number of carbonyl (C=O) groups is 2. The molecule has 5 aromatic rings. The van der Waals surface area contributed by atoms with Crippen LogP contribution in [0.5, 0.6) is 5.75 Å². The van der Waals surface area contributed by atoms with E-state index in [1.807, 2.05) is 31.1 Å². The SMILES string of the molecule is COc1cc(C(=O)N2CC3CCC2C3N)cc2nc(-c3cc4ccc(-c5ccc6c(c5)CC(=O)N6C)cc4n3CC3CC3)n(C)c12. The molecular formula is C37H38N6O3. The maximum atomic E-state index is 13.8. The molecule has 234 valence electrons. The van der Waals surface area contributed by atoms with Crippen LogP contribution in [0.4, 0.5) is 5.69 Å². The summed E-state index contributed by atoms with van der Waals surface area (Å²) < 4.78 is 10.4. The molecule has 3 fully saturated rings. The van der Waals surface area contributed by atoms with Gasteiger partial charge in [0, 0.05) is 61.4 Å². The molecule has 2 N–H and O–H groups in total. The van der Waals surface area contributed by atoms with Gasteiger partial charge in [-0.05, 0) is 90.6 Å². The van der Waals surface area contributed by atoms with Crippen molar-refractivity contribution in [2.24, 2.45) is 24.6 Å². The summed E-state index contributed by atoms with van der Waals surface area (Å²) in [4.78, 5) is 34.9. The Hall–Kier alpha value is -4.63. The minimum Gasteiger partial charge on any atom is -0.494 e. The summed E-state index contributed by atoms with van der Waals surface area (Å²) in [6.07, 6.45) is 4.98. The largest absolute Gasteiger partial charge is 0.494 e. The normalized spacial score (nSPS) is 22.1. The van der Waals surface area contributed by atoms with Crippen molar-refractivity contribution in [3.05, 3.63) is 65.7 Å². The second-order valence-electron chi connectivity index (χ2n) is 13.8. The van der Waals surface area contributed by atoms with E-state index in [-0.39, 0.29) is 23.9 Å². The molecule has 2 aliphatic heterocycles. The molecule has 2 bridgehead atoms. The van der Waals surface area contributed by atoms with E-state index in [4.69, 9.17) is 15.5 Å². The fourth-order valence-corrected chi connectivity index (χ4v) is 8.29. The standard InChI is InChI=1S/C37H38N6O3/c1-40-28-10-8-21(12-25(28)17-33(40)44)22-6-7-23-15-31(42(30(23)14-22)18-20-4-5-20)36-39-27-13-26(16-32(46-3)35(27)41(36)2)37(45)43-19-24-9-11-29(43)34(24)38/h6-8,10,12-16,20,24,29,34H,4-5,9,11,17-19,38H2,1-3H3. The number of aryl methyl sites for hydroxylation is 1. The van der Waals surface area contributed by atoms with Crippen molar-refractivity contribution in [2.75, 3.05) is 25.6 Å². The van der Waals surface area contributed by atoms with Gasteiger partial charge in [0.25, 0.3) is 5.91 Å². The summed E-state index contributed by atoms with van der Waals surface area (Å²) in [7, 11) is 5.52. The number of likely N-dealkylation sites (N-methyl/N-ethyl adjacent to an activating group) is 1. The number of piperidine rings is 1. The lowest BCUT2D eigenvalue weighted by Gasteiger charge is -2.27. The fourth-order valence-electron chi connectivity index (χ4n) is 8.29. The first-order chi connectivity index (χ1) is 22.3. The van der Waals surface area contributed by atoms with E-state index in [1.165, 1.54) is 18.4 Å². The number of hydrogen-bond donors (Lipinski definition) is 1. The molecular weight excluding hydrogens is 576 g/mol. The Labute approximate surface area is 267 Å². The van der Waals surface area contributed by atoms with Crippen LogP contribution in [0.3, 0.4) is 0 Å². The number of carbonyl (C=O) groups excluding carboxylic acids is 2. The van der Waals surface area contributed by atoms with E-state index in [9.17, 15) is 9.59 Å². The zero-order chi connectivity index (χ0) is 31.4. The van der Waals surface area contributed by atoms with Crippen LogP contribution in [0.15, 0.2) is 54.6 Å². The molecule has 2 saturated carbocycles. The summed E-state index contributed by atoms with van der Waals surface area (Å²) in [6.45, 7) is 1.65. The molecule has 46 heavy (non-hydrogen) atoms. The van der Waals surface area contributed by atoms with E-state index in [0.717, 1.165) is 76.2 Å². The average molecular weight is 615 g/mol. The number of aromatic nitrogens is 3. The zero-order valence-electron chi connectivity index (χ0n) is 26.5. The maximum Gasteiger partial charge on any atom is 0.254 e. The topological polar surface area (TPSA) is 98.6 Å². The molecule has 9 heteroatoms. The second-order valence-corrected chi connectivity index (χ2v) is 13.8. The minimum absolute atomic E-state index is 0.00740. The van der Waals surface area contributed by atoms with Crippen molar-refractivity contribution in [1.82, 2.24) is 19.0 Å². The molecule has 2 aromatic heterocycles. The molecule has 4 aliphatic rings. The Morgan fingerprint density at radius 1 is 1.00 bits per heavy atom. The van der Waals surface area contributed by atoms with Gasteiger partial charge >= 0.3 is 0 Å². The van der Waals surface area contributed by atoms with Gasteiger partial charge in [-0.15, -0.1) is 0 Å². The number of methoxy groups -OCH3 is 1. The van der Waals surface area contributed by atoms with E-state index in [2.05, 4.69) is 51.6 Å². The minimum atomic E-state index is 0.00740. The molecule has 3 atom stereocenters. The summed E-state index contributed by atoms with van der Waals surface area (Å²) in [5.74, 6) is 2.67. The molecule has 2 amide bonds. The van der Waals surface area contributed by atoms with Gasteiger partial charge in [0.15, 0.2) is 5.82 Å². The van der Waals surface area contributed by atoms with Gasteiger partial charge in [-0.3, -0.25) is 9.59 Å². The van der Waals surface area contributed by atoms with Crippen LogP contribution in [0, 0.1) is 11.8 Å². The summed E-state index contributed by atoms with van der Waals surface area (Å²) >= 11 is 0. The zero-order valence-corrected chi connectivity index (χ0v) is 26.5. The lowest BCUT2D eigenvalue weighted by atomic mass is 10.0. The number of fused-ring (bicyclic) bond motifs is 5. The first kappa shape index (κ1) is 27.7. The lowest BCUT2D eigenvalue weighted by Crippen LogP contribution is -2.41. The van der Waals surface area contributed by atoms with Gasteiger partial charge in [-0.1, -0.05) is 18.2 Å². The number of nitrogens with two attached hydrogens (primary N) is 1.